The molecular formula is C83H100B2Cl5I12N17O14. The quantitative estimate of drug-likeness (QED) is 0.00520. The zero-order chi connectivity index (χ0) is 94.3. The molecular weight excluding hydrogens is 3180 g/mol. The van der Waals surface area contributed by atoms with Crippen LogP contribution in [-0.2, 0) is 70.9 Å². The molecule has 8 atom stereocenters. The predicted molar refractivity (Wildman–Crippen MR) is 632 cm³/mol. The van der Waals surface area contributed by atoms with Crippen molar-refractivity contribution in [1.29, 1.82) is 0 Å². The van der Waals surface area contributed by atoms with Crippen molar-refractivity contribution in [3.8, 4) is 0 Å². The topological polar surface area (TPSA) is 463 Å². The van der Waals surface area contributed by atoms with Crippen LogP contribution < -0.4 is 27.4 Å². The van der Waals surface area contributed by atoms with E-state index in [1.54, 1.807) is 6.07 Å². The number of aromatic nitrogens is 10. The number of Topliss-reactive ketones (excluding diaryl/α,β-unsaturated/α-hetero) is 3. The molecule has 6 aliphatic heterocycles. The van der Waals surface area contributed by atoms with Crippen LogP contribution in [0.5, 0.6) is 0 Å². The normalized spacial score (nSPS) is 17.5. The van der Waals surface area contributed by atoms with Crippen LogP contribution in [0.4, 0.5) is 5.82 Å². The van der Waals surface area contributed by atoms with Crippen molar-refractivity contribution in [2.75, 3.05) is 38.3 Å². The van der Waals surface area contributed by atoms with Gasteiger partial charge in [0.15, 0.2) is 23.0 Å². The first-order valence-electron chi connectivity index (χ1n) is 39.2. The Morgan fingerprint density at radius 2 is 0.789 bits per heavy atom. The molecule has 2 radical (unpaired) electrons. The number of carbonyl (C=O) groups excluding carboxylic acids is 6. The summed E-state index contributed by atoms with van der Waals surface area (Å²) in [7, 11) is 1.23. The van der Waals surface area contributed by atoms with Crippen molar-refractivity contribution >= 4 is 289 Å². The molecule has 0 saturated carbocycles. The zero-order valence-corrected chi connectivity index (χ0v) is 98.1. The molecule has 9 aromatic rings. The molecule has 133 heavy (non-hydrogen) atoms. The summed E-state index contributed by atoms with van der Waals surface area (Å²) in [6.45, 7) is 5.73. The van der Waals surface area contributed by atoms with Gasteiger partial charge < -0.3 is 81.6 Å². The minimum Gasteiger partial charge on any atom is -0.477 e. The maximum absolute atomic E-state index is 12.5. The largest absolute Gasteiger partial charge is 0.477 e. The number of hydrogen-bond donors (Lipinski definition) is 10. The van der Waals surface area contributed by atoms with Gasteiger partial charge >= 0.3 is 176 Å². The molecule has 50 heteroatoms. The third-order valence-corrected chi connectivity index (χ3v) is 682. The molecule has 2 saturated heterocycles. The van der Waals surface area contributed by atoms with Crippen LogP contribution >= 0.6 is 228 Å². The Morgan fingerprint density at radius 1 is 0.466 bits per heavy atom. The Kier molecular flexibility index (Phi) is 61.4. The average Bonchev–Trinajstić information content (AvgIpc) is 0.806. The number of anilines is 1. The number of ketones is 3. The molecule has 5 aromatic heterocycles. The number of ether oxygens (including phenoxy) is 2. The van der Waals surface area contributed by atoms with Gasteiger partial charge in [-0.2, -0.15) is 0 Å². The van der Waals surface area contributed by atoms with Gasteiger partial charge in [0, 0.05) is 106 Å². The molecule has 4 aromatic carbocycles. The monoisotopic (exact) mass is 3280 g/mol. The van der Waals surface area contributed by atoms with E-state index in [0.29, 0.717) is 68.8 Å². The van der Waals surface area contributed by atoms with E-state index >= 15 is 0 Å². The third-order valence-electron chi connectivity index (χ3n) is 19.9. The van der Waals surface area contributed by atoms with Gasteiger partial charge in [0.05, 0.1) is 75.3 Å². The molecule has 0 aliphatic carbocycles. The number of nitrogens with one attached hydrogen (secondary N) is 3. The number of aromatic carboxylic acids is 1. The first kappa shape index (κ1) is 123. The van der Waals surface area contributed by atoms with Crippen LogP contribution in [0.15, 0.2) is 159 Å². The summed E-state index contributed by atoms with van der Waals surface area (Å²) in [5, 5.41) is 59.9. The number of aliphatic hydroxyl groups is 4. The fourth-order valence-electron chi connectivity index (χ4n) is 13.1. The van der Waals surface area contributed by atoms with Crippen molar-refractivity contribution in [2.24, 2.45) is 11.5 Å². The van der Waals surface area contributed by atoms with E-state index in [9.17, 15) is 54.0 Å². The molecule has 0 unspecified atom stereocenters. The van der Waals surface area contributed by atoms with Gasteiger partial charge in [-0.05, 0) is 101 Å². The Hall–Kier alpha value is -0.570. The van der Waals surface area contributed by atoms with E-state index in [1.807, 2.05) is 76.4 Å². The zero-order valence-electron chi connectivity index (χ0n) is 68.4. The molecule has 0 amide bonds. The maximum Gasteiger partial charge on any atom is 0.354 e. The first-order chi connectivity index (χ1) is 62.3. The van der Waals surface area contributed by atoms with E-state index < -0.39 is 35.6 Å². The average molecular weight is 3280 g/mol. The predicted octanol–water partition coefficient (Wildman–Crippen LogP) is 18.9. The molecule has 15 rings (SSSR count). The fourth-order valence-corrected chi connectivity index (χ4v) is 1270. The van der Waals surface area contributed by atoms with E-state index in [4.69, 9.17) is 84.1 Å². The van der Waals surface area contributed by atoms with Gasteiger partial charge in [0.2, 0.25) is 0 Å². The number of halogens is 17. The Bertz CT molecular complexity index is 5090. The summed E-state index contributed by atoms with van der Waals surface area (Å²) >= 11 is 47.5. The Labute approximate surface area is 889 Å². The second-order valence-electron chi connectivity index (χ2n) is 28.6. The number of nitrogens with two attached hydrogens (primary N) is 2. The number of carboxylic acid groups (broad SMARTS) is 1. The summed E-state index contributed by atoms with van der Waals surface area (Å²) in [6.07, 6.45) is 9.73. The number of fused-ring (bicyclic) bond motifs is 4. The van der Waals surface area contributed by atoms with Crippen molar-refractivity contribution in [3.63, 3.8) is 0 Å². The molecule has 0 bridgehead atoms. The molecule has 726 valence electrons. The molecule has 12 N–H and O–H groups in total. The Morgan fingerprint density at radius 3 is 1.11 bits per heavy atom. The van der Waals surface area contributed by atoms with Gasteiger partial charge in [-0.3, -0.25) is 19.2 Å². The van der Waals surface area contributed by atoms with Crippen molar-refractivity contribution in [2.45, 2.75) is 173 Å². The van der Waals surface area contributed by atoms with Crippen LogP contribution in [0.1, 0.15) is 158 Å². The second-order valence-corrected chi connectivity index (χ2v) is 274. The summed E-state index contributed by atoms with van der Waals surface area (Å²) in [4.78, 5) is 120. The van der Waals surface area contributed by atoms with Crippen molar-refractivity contribution in [3.05, 3.63) is 253 Å². The number of benzene rings is 4. The number of carbonyl (C=O) groups is 7. The molecule has 6 aliphatic rings. The van der Waals surface area contributed by atoms with E-state index in [0.717, 1.165) is 75.4 Å². The number of hydrogen-bond acceptors (Lipinski definition) is 30. The van der Waals surface area contributed by atoms with Crippen molar-refractivity contribution < 1.29 is 68.6 Å². The van der Waals surface area contributed by atoms with E-state index in [-0.39, 0.29) is 179 Å². The second kappa shape index (κ2) is 66.5. The van der Waals surface area contributed by atoms with Gasteiger partial charge in [0.1, 0.15) is 80.8 Å². The van der Waals surface area contributed by atoms with Crippen LogP contribution in [0.3, 0.4) is 0 Å². The van der Waals surface area contributed by atoms with Crippen LogP contribution in [0.2, 0.25) is 20.6 Å². The number of rotatable bonds is 29. The Balaban J connectivity index is 0.000000279. The number of aliphatic hydroxyl groups excluding tert-OH is 4. The van der Waals surface area contributed by atoms with Crippen LogP contribution in [-0.4, -0.2) is 234 Å². The number of carboxylic acids is 1. The summed E-state index contributed by atoms with van der Waals surface area (Å²) in [5.41, 5.74) is 21.4. The standard InChI is InChI=1S/C20H24N4O3.C18H18BClN3O3.C17H18ClN3O2.C12H16BN2O2.C5H2Cl2N2O.C5H3ClN2O2.C3H7NO.3CH4.I12/c25-18(16-7-13-3-1-2-4-14(13)9-21-16)5-6-19(26)17-8-20(23-12-22-17)24-15-10-27-11-15;20-18-8-14(21-11-22-18)16(25)5-6-17(26)15-7-12-3-1-2-4-13(12)9-23(15)19-10-24;18-17-8-14(20-10-21-17)16(23)6-5-15(22)13-7-11-3-1-2-4-12(11)9-19-13;14-6-12(17)11-5-9-3-1-2-4-10(9)7-15(11)13-8-16;6-4-1-3(5(7)10)8-2-9-4;6-4-1-3(5(9)10)7-2-8-4;4-3-1-5-2-3;;;;1-8(2)10(5)12(7)11(6)9(3)4/h1-4,8,12,15-16,18,21,25H,5-7,9-11H2,(H,22,23,24);1-4,8,10-11,15,17,26H,5-7,9H2;1-4,8,10,13,15,19,22H,5-7,9H2;1-4,8,11-12,17H,5-7,14H2;1-2H;1-2H,(H,9,10);3H,1-2,4H2;3*1H4;/t16-,18+;15-,17+;13-,15+;11-,12+;;;;;;;/m0000......./s1. The molecule has 0 spiro atoms. The van der Waals surface area contributed by atoms with Gasteiger partial charge in [-0.15, -0.1) is 0 Å². The minimum atomic E-state index is -1.11. The maximum atomic E-state index is 12.5. The summed E-state index contributed by atoms with van der Waals surface area (Å²) in [5.74, 6) is -0.891. The van der Waals surface area contributed by atoms with Crippen LogP contribution in [0.25, 0.3) is 0 Å². The molecule has 11 heterocycles. The van der Waals surface area contributed by atoms with Gasteiger partial charge in [-0.25, -0.2) is 54.6 Å². The smallest absolute Gasteiger partial charge is 0.354 e. The first-order valence-corrected chi connectivity index (χ1v) is 110. The fraction of sp³-hybridized carbons (Fsp3) is 0.386. The van der Waals surface area contributed by atoms with E-state index in [1.165, 1.54) is 97.8 Å². The SMILES string of the molecule is C.C.C.II(I)I(I)I(I)I(I)I(I)I.NC1COC1.NC[C@@H](O)[C@@H]1Cc2ccccc2CN1[B]C=O.O=C(CC[C@@H](O)[C@@H]1Cc2ccccc2CN1)c1cc(Cl)ncn1.O=C(CC[C@@H](O)[C@@H]1Cc2ccccc2CN1)c1cc(NC2COC2)ncn1.O=C(Cl)c1cc(Cl)ncn1.O=C(O)c1cc(Cl)ncn1.O=C[B]N1Cc2ccccc2C[C@H]1[C@H](O)CCC(=O)c1cc(Cl)ncn1. The summed E-state index contributed by atoms with van der Waals surface area (Å²) < 4.78 is 9.83. The van der Waals surface area contributed by atoms with Gasteiger partial charge in [-0.1, -0.05) is 166 Å². The summed E-state index contributed by atoms with van der Waals surface area (Å²) in [6, 6.07) is 39.7. The van der Waals surface area contributed by atoms with Crippen molar-refractivity contribution in [1.82, 2.24) is 70.1 Å². The van der Waals surface area contributed by atoms with Gasteiger partial charge in [0.25, 0.3) is 20.1 Å². The molecule has 2 fully saturated rings. The third kappa shape index (κ3) is 42.9. The van der Waals surface area contributed by atoms with E-state index in [2.05, 4.69) is 226 Å². The minimum absolute atomic E-state index is 0. The molecule has 31 nitrogen and oxygen atoms in total. The van der Waals surface area contributed by atoms with Crippen LogP contribution in [0, 0.1) is 0 Å². The number of nitrogens with zero attached hydrogens (tertiary/aromatic N) is 12.